The SMILES string of the molecule is CC(C)(C)c1ccc(OCCNC(=O)C2CN(S(=O)(=O)c3ccccc3)c3ccccc3O2)cc1. The van der Waals surface area contributed by atoms with Crippen LogP contribution in [0.15, 0.2) is 83.8 Å². The molecule has 0 aromatic heterocycles. The summed E-state index contributed by atoms with van der Waals surface area (Å²) in [7, 11) is -3.87. The Morgan fingerprint density at radius 3 is 2.34 bits per heavy atom. The lowest BCUT2D eigenvalue weighted by Gasteiger charge is -2.34. The van der Waals surface area contributed by atoms with Crippen LogP contribution in [0.1, 0.15) is 26.3 Å². The molecule has 7 nitrogen and oxygen atoms in total. The summed E-state index contributed by atoms with van der Waals surface area (Å²) in [5.41, 5.74) is 1.68. The fourth-order valence-electron chi connectivity index (χ4n) is 3.79. The maximum Gasteiger partial charge on any atom is 0.264 e. The number of ether oxygens (including phenoxy) is 2. The molecule has 184 valence electrons. The normalized spacial score (nSPS) is 15.6. The number of fused-ring (bicyclic) bond motifs is 1. The molecular formula is C27H30N2O5S. The third-order valence-corrected chi connectivity index (χ3v) is 7.54. The third-order valence-electron chi connectivity index (χ3n) is 5.75. The van der Waals surface area contributed by atoms with Gasteiger partial charge in [-0.15, -0.1) is 0 Å². The highest BCUT2D eigenvalue weighted by Gasteiger charge is 2.37. The summed E-state index contributed by atoms with van der Waals surface area (Å²) in [6.45, 7) is 6.85. The molecular weight excluding hydrogens is 464 g/mol. The Labute approximate surface area is 206 Å². The molecule has 3 aromatic carbocycles. The van der Waals surface area contributed by atoms with Crippen LogP contribution >= 0.6 is 0 Å². The molecule has 35 heavy (non-hydrogen) atoms. The highest BCUT2D eigenvalue weighted by Crippen LogP contribution is 2.36. The number of hydrogen-bond acceptors (Lipinski definition) is 5. The minimum atomic E-state index is -3.87. The van der Waals surface area contributed by atoms with E-state index in [-0.39, 0.29) is 30.0 Å². The number of rotatable bonds is 7. The van der Waals surface area contributed by atoms with Gasteiger partial charge in [-0.1, -0.05) is 63.2 Å². The number of para-hydroxylation sites is 2. The second-order valence-electron chi connectivity index (χ2n) is 9.34. The quantitative estimate of drug-likeness (QED) is 0.499. The number of nitrogens with zero attached hydrogens (tertiary/aromatic N) is 1. The van der Waals surface area contributed by atoms with Crippen LogP contribution in [0, 0.1) is 0 Å². The van der Waals surface area contributed by atoms with Crippen molar-refractivity contribution >= 4 is 21.6 Å². The molecule has 3 aromatic rings. The lowest BCUT2D eigenvalue weighted by molar-refractivity contribution is -0.127. The molecule has 1 unspecified atom stereocenters. The van der Waals surface area contributed by atoms with Crippen LogP contribution in [0.3, 0.4) is 0 Å². The molecule has 0 saturated heterocycles. The first kappa shape index (κ1) is 24.6. The number of carbonyl (C=O) groups excluding carboxylic acids is 1. The minimum absolute atomic E-state index is 0.0625. The van der Waals surface area contributed by atoms with E-state index in [0.717, 1.165) is 5.75 Å². The predicted octanol–water partition coefficient (Wildman–Crippen LogP) is 4.14. The summed E-state index contributed by atoms with van der Waals surface area (Å²) in [5, 5.41) is 2.79. The van der Waals surface area contributed by atoms with Crippen LogP contribution in [0.4, 0.5) is 5.69 Å². The van der Waals surface area contributed by atoms with Gasteiger partial charge in [-0.3, -0.25) is 9.10 Å². The summed E-state index contributed by atoms with van der Waals surface area (Å²) in [4.78, 5) is 13.0. The maximum atomic E-state index is 13.3. The largest absolute Gasteiger partial charge is 0.492 e. The summed E-state index contributed by atoms with van der Waals surface area (Å²) in [6, 6.07) is 22.9. The van der Waals surface area contributed by atoms with Crippen molar-refractivity contribution in [3.8, 4) is 11.5 Å². The fraction of sp³-hybridized carbons (Fsp3) is 0.296. The van der Waals surface area contributed by atoms with Crippen molar-refractivity contribution in [2.75, 3.05) is 24.0 Å². The van der Waals surface area contributed by atoms with E-state index < -0.39 is 22.0 Å². The van der Waals surface area contributed by atoms with Crippen LogP contribution in [-0.4, -0.2) is 40.1 Å². The number of carbonyl (C=O) groups is 1. The zero-order valence-electron chi connectivity index (χ0n) is 20.1. The Hall–Kier alpha value is -3.52. The van der Waals surface area contributed by atoms with Crippen LogP contribution in [0.25, 0.3) is 0 Å². The number of amides is 1. The first-order valence-electron chi connectivity index (χ1n) is 11.5. The molecule has 1 heterocycles. The monoisotopic (exact) mass is 494 g/mol. The highest BCUT2D eigenvalue weighted by molar-refractivity contribution is 7.92. The molecule has 1 aliphatic rings. The van der Waals surface area contributed by atoms with Crippen LogP contribution in [-0.2, 0) is 20.2 Å². The van der Waals surface area contributed by atoms with Crippen molar-refractivity contribution in [1.29, 1.82) is 0 Å². The zero-order valence-corrected chi connectivity index (χ0v) is 20.9. The van der Waals surface area contributed by atoms with Gasteiger partial charge < -0.3 is 14.8 Å². The third kappa shape index (κ3) is 5.59. The van der Waals surface area contributed by atoms with Crippen molar-refractivity contribution in [2.45, 2.75) is 37.2 Å². The fourth-order valence-corrected chi connectivity index (χ4v) is 5.29. The van der Waals surface area contributed by atoms with Gasteiger partial charge in [-0.05, 0) is 47.4 Å². The highest BCUT2D eigenvalue weighted by atomic mass is 32.2. The molecule has 1 atom stereocenters. The molecule has 0 radical (unpaired) electrons. The maximum absolute atomic E-state index is 13.3. The topological polar surface area (TPSA) is 84.9 Å². The van der Waals surface area contributed by atoms with Crippen molar-refractivity contribution in [2.24, 2.45) is 0 Å². The Morgan fingerprint density at radius 1 is 1.00 bits per heavy atom. The Bertz CT molecular complexity index is 1270. The molecule has 0 aliphatic carbocycles. The van der Waals surface area contributed by atoms with Crippen molar-refractivity contribution < 1.29 is 22.7 Å². The van der Waals surface area contributed by atoms with Gasteiger partial charge in [0.2, 0.25) is 0 Å². The smallest absolute Gasteiger partial charge is 0.264 e. The summed E-state index contributed by atoms with van der Waals surface area (Å²) in [5.74, 6) is 0.656. The first-order chi connectivity index (χ1) is 16.7. The summed E-state index contributed by atoms with van der Waals surface area (Å²) in [6.07, 6.45) is -0.991. The van der Waals surface area contributed by atoms with E-state index in [0.29, 0.717) is 11.4 Å². The number of nitrogens with one attached hydrogen (secondary N) is 1. The molecule has 0 spiro atoms. The summed E-state index contributed by atoms with van der Waals surface area (Å²) < 4.78 is 39.5. The number of benzene rings is 3. The van der Waals surface area contributed by atoms with Crippen LogP contribution in [0.5, 0.6) is 11.5 Å². The summed E-state index contributed by atoms with van der Waals surface area (Å²) >= 11 is 0. The van der Waals surface area contributed by atoms with Gasteiger partial charge in [0.05, 0.1) is 23.7 Å². The second kappa shape index (κ2) is 10.00. The molecule has 0 fully saturated rings. The van der Waals surface area contributed by atoms with E-state index in [9.17, 15) is 13.2 Å². The first-order valence-corrected chi connectivity index (χ1v) is 12.9. The standard InChI is InChI=1S/C27H30N2O5S/c1-27(2,3)20-13-15-21(16-14-20)33-18-17-28-26(30)25-19-29(23-11-7-8-12-24(23)34-25)35(31,32)22-9-5-4-6-10-22/h4-16,25H,17-19H2,1-3H3,(H,28,30). The predicted molar refractivity (Wildman–Crippen MR) is 135 cm³/mol. The van der Waals surface area contributed by atoms with Gasteiger partial charge in [0.25, 0.3) is 15.9 Å². The van der Waals surface area contributed by atoms with Gasteiger partial charge >= 0.3 is 0 Å². The molecule has 0 saturated carbocycles. The van der Waals surface area contributed by atoms with Gasteiger partial charge in [-0.25, -0.2) is 8.42 Å². The van der Waals surface area contributed by atoms with Gasteiger partial charge in [0.15, 0.2) is 6.10 Å². The number of sulfonamides is 1. The van der Waals surface area contributed by atoms with E-state index in [1.165, 1.54) is 22.0 Å². The van der Waals surface area contributed by atoms with Crippen molar-refractivity contribution in [3.63, 3.8) is 0 Å². The second-order valence-corrected chi connectivity index (χ2v) is 11.2. The minimum Gasteiger partial charge on any atom is -0.492 e. The van der Waals surface area contributed by atoms with Crippen LogP contribution < -0.4 is 19.1 Å². The zero-order chi connectivity index (χ0) is 25.1. The average Bonchev–Trinajstić information content (AvgIpc) is 2.86. The van der Waals surface area contributed by atoms with E-state index >= 15 is 0 Å². The molecule has 1 aliphatic heterocycles. The molecule has 0 bridgehead atoms. The van der Waals surface area contributed by atoms with Crippen molar-refractivity contribution in [3.05, 3.63) is 84.4 Å². The molecule has 1 amide bonds. The van der Waals surface area contributed by atoms with E-state index in [2.05, 4.69) is 26.1 Å². The van der Waals surface area contributed by atoms with E-state index in [1.54, 1.807) is 42.5 Å². The number of hydrogen-bond donors (Lipinski definition) is 1. The Morgan fingerprint density at radius 2 is 1.66 bits per heavy atom. The average molecular weight is 495 g/mol. The van der Waals surface area contributed by atoms with Gasteiger partial charge in [0, 0.05) is 0 Å². The van der Waals surface area contributed by atoms with Gasteiger partial charge in [-0.2, -0.15) is 0 Å². The molecule has 8 heteroatoms. The van der Waals surface area contributed by atoms with E-state index in [1.807, 2.05) is 24.3 Å². The van der Waals surface area contributed by atoms with Gasteiger partial charge in [0.1, 0.15) is 18.1 Å². The van der Waals surface area contributed by atoms with E-state index in [4.69, 9.17) is 9.47 Å². The lowest BCUT2D eigenvalue weighted by Crippen LogP contribution is -2.51. The Kier molecular flexibility index (Phi) is 7.03. The Balaban J connectivity index is 1.39. The molecule has 1 N–H and O–H groups in total. The lowest BCUT2D eigenvalue weighted by atomic mass is 9.87. The number of anilines is 1. The van der Waals surface area contributed by atoms with Crippen molar-refractivity contribution in [1.82, 2.24) is 5.32 Å². The van der Waals surface area contributed by atoms with Crippen LogP contribution in [0.2, 0.25) is 0 Å². The molecule has 4 rings (SSSR count).